The Kier molecular flexibility index (Phi) is 19.0. The fraction of sp³-hybridized carbons (Fsp3) is 1.00. The van der Waals surface area contributed by atoms with Crippen molar-refractivity contribution in [2.75, 3.05) is 39.3 Å². The van der Waals surface area contributed by atoms with Crippen LogP contribution in [-0.4, -0.2) is 48.2 Å². The van der Waals surface area contributed by atoms with E-state index in [0.29, 0.717) is 13.2 Å². The fourth-order valence-electron chi connectivity index (χ4n) is 0.777. The van der Waals surface area contributed by atoms with Crippen molar-refractivity contribution in [1.82, 2.24) is 0 Å². The van der Waals surface area contributed by atoms with Gasteiger partial charge in [-0.1, -0.05) is 28.0 Å². The summed E-state index contributed by atoms with van der Waals surface area (Å²) in [6, 6.07) is 0. The van der Waals surface area contributed by atoms with Crippen molar-refractivity contribution in [3.8, 4) is 0 Å². The van der Waals surface area contributed by atoms with Gasteiger partial charge >= 0.3 is 0 Å². The van der Waals surface area contributed by atoms with Crippen LogP contribution in [0.15, 0.2) is 0 Å². The lowest BCUT2D eigenvalue weighted by Gasteiger charge is -2.04. The molecule has 0 spiro atoms. The summed E-state index contributed by atoms with van der Waals surface area (Å²) in [5, 5.41) is 0. The Balaban J connectivity index is 2.85. The van der Waals surface area contributed by atoms with Crippen LogP contribution in [0.4, 0.5) is 0 Å². The summed E-state index contributed by atoms with van der Waals surface area (Å²) in [4.78, 5) is 0. The molecular weight excluding hydrogens is 312 g/mol. The highest BCUT2D eigenvalue weighted by Crippen LogP contribution is 2.42. The number of methoxy groups -OCH3 is 1. The van der Waals surface area contributed by atoms with Gasteiger partial charge in [-0.15, -0.1) is 0 Å². The molecule has 0 aromatic rings. The minimum Gasteiger partial charge on any atom is -0.412 e. The van der Waals surface area contributed by atoms with Crippen molar-refractivity contribution < 1.29 is 13.9 Å². The molecule has 0 rings (SSSR count). The quantitative estimate of drug-likeness (QED) is 0.274. The van der Waals surface area contributed by atoms with Gasteiger partial charge in [0.05, 0.1) is 13.2 Å². The molecule has 0 radical (unpaired) electrons. The van der Waals surface area contributed by atoms with Gasteiger partial charge in [-0.2, -0.15) is 0 Å². The molecule has 0 aliphatic heterocycles. The average Bonchev–Trinajstić information content (AvgIpc) is 2.35. The molecule has 0 atom stereocenters. The molecule has 0 heterocycles. The summed E-state index contributed by atoms with van der Waals surface area (Å²) < 4.78 is 15.8. The van der Waals surface area contributed by atoms with Crippen molar-refractivity contribution in [1.29, 1.82) is 0 Å². The van der Waals surface area contributed by atoms with E-state index in [9.17, 15) is 0 Å². The Morgan fingerprint density at radius 2 is 1.94 bits per heavy atom. The highest BCUT2D eigenvalue weighted by molar-refractivity contribution is 9.28. The van der Waals surface area contributed by atoms with E-state index in [1.54, 1.807) is 7.11 Å². The molecule has 0 fully saturated rings. The lowest BCUT2D eigenvalue weighted by Crippen LogP contribution is -2.06. The molecule has 0 aliphatic rings. The lowest BCUT2D eigenvalue weighted by atomic mass is 10.5. The van der Waals surface area contributed by atoms with E-state index >= 15 is 0 Å². The van der Waals surface area contributed by atoms with Gasteiger partial charge in [0.2, 0.25) is 8.91 Å². The molecular formula is C9H22O3S4Si. The summed E-state index contributed by atoms with van der Waals surface area (Å²) in [5.41, 5.74) is 0. The monoisotopic (exact) mass is 334 g/mol. The van der Waals surface area contributed by atoms with E-state index in [1.807, 2.05) is 40.7 Å². The maximum atomic E-state index is 5.59. The number of ether oxygens (including phenoxy) is 2. The van der Waals surface area contributed by atoms with Crippen LogP contribution in [0, 0.1) is 0 Å². The standard InChI is InChI=1S/C9H22O3S4Si/c1-3-9-13-14-15-16-17-12-6-4-5-11-8-7-10-2/h3-9,17H2,1-2H3. The highest BCUT2D eigenvalue weighted by Gasteiger charge is 1.94. The first-order valence-corrected chi connectivity index (χ1v) is 13.1. The molecule has 0 saturated carbocycles. The maximum absolute atomic E-state index is 5.59. The van der Waals surface area contributed by atoms with Crippen LogP contribution in [0.1, 0.15) is 19.8 Å². The summed E-state index contributed by atoms with van der Waals surface area (Å²) in [5.74, 6) is 1.24. The molecule has 104 valence electrons. The maximum Gasteiger partial charge on any atom is 0.234 e. The van der Waals surface area contributed by atoms with Crippen molar-refractivity contribution in [3.63, 3.8) is 0 Å². The topological polar surface area (TPSA) is 27.7 Å². The predicted octanol–water partition coefficient (Wildman–Crippen LogP) is 3.14. The Labute approximate surface area is 122 Å². The molecule has 17 heavy (non-hydrogen) atoms. The summed E-state index contributed by atoms with van der Waals surface area (Å²) >= 11 is 0. The first-order chi connectivity index (χ1) is 8.41. The van der Waals surface area contributed by atoms with Gasteiger partial charge in [-0.3, -0.25) is 0 Å². The van der Waals surface area contributed by atoms with E-state index in [4.69, 9.17) is 13.9 Å². The molecule has 0 saturated heterocycles. The second kappa shape index (κ2) is 17.5. The Morgan fingerprint density at radius 1 is 1.06 bits per heavy atom. The van der Waals surface area contributed by atoms with Gasteiger partial charge in [0.15, 0.2) is 0 Å². The normalized spacial score (nSPS) is 11.6. The first kappa shape index (κ1) is 18.5. The largest absolute Gasteiger partial charge is 0.412 e. The lowest BCUT2D eigenvalue weighted by molar-refractivity contribution is 0.0648. The third kappa shape index (κ3) is 17.5. The zero-order valence-corrected chi connectivity index (χ0v) is 15.2. The number of hydrogen-bond acceptors (Lipinski definition) is 7. The SMILES string of the molecule is CCCSSSS[SiH2]OCCCOCCOC. The first-order valence-electron chi connectivity index (χ1n) is 5.64. The van der Waals surface area contributed by atoms with Gasteiger partial charge in [-0.25, -0.2) is 0 Å². The number of hydrogen-bond donors (Lipinski definition) is 0. The van der Waals surface area contributed by atoms with Gasteiger partial charge in [0.1, 0.15) is 0 Å². The molecule has 3 nitrogen and oxygen atoms in total. The second-order valence-corrected chi connectivity index (χ2v) is 12.4. The molecule has 0 aromatic carbocycles. The number of rotatable bonds is 14. The zero-order valence-electron chi connectivity index (χ0n) is 10.5. The van der Waals surface area contributed by atoms with Gasteiger partial charge in [-0.05, 0) is 32.5 Å². The molecule has 0 aliphatic carbocycles. The summed E-state index contributed by atoms with van der Waals surface area (Å²) in [6.45, 7) is 5.17. The van der Waals surface area contributed by atoms with Crippen LogP contribution < -0.4 is 0 Å². The second-order valence-electron chi connectivity index (χ2n) is 3.06. The Morgan fingerprint density at radius 3 is 2.71 bits per heavy atom. The molecule has 0 amide bonds. The third-order valence-electron chi connectivity index (χ3n) is 1.55. The molecule has 0 aromatic heterocycles. The Hall–Kier alpha value is 1.50. The van der Waals surface area contributed by atoms with E-state index in [1.165, 1.54) is 12.2 Å². The zero-order chi connectivity index (χ0) is 12.6. The van der Waals surface area contributed by atoms with E-state index < -0.39 is 8.91 Å². The van der Waals surface area contributed by atoms with E-state index in [-0.39, 0.29) is 0 Å². The molecule has 0 N–H and O–H groups in total. The van der Waals surface area contributed by atoms with Crippen LogP contribution in [0.5, 0.6) is 0 Å². The van der Waals surface area contributed by atoms with Crippen LogP contribution >= 0.6 is 40.7 Å². The van der Waals surface area contributed by atoms with E-state index in [2.05, 4.69) is 6.92 Å². The van der Waals surface area contributed by atoms with Gasteiger partial charge < -0.3 is 13.9 Å². The van der Waals surface area contributed by atoms with Crippen LogP contribution in [-0.2, 0) is 13.9 Å². The molecule has 0 bridgehead atoms. The fourth-order valence-corrected chi connectivity index (χ4v) is 11.8. The minimum absolute atomic E-state index is 0.402. The summed E-state index contributed by atoms with van der Waals surface area (Å²) in [6.07, 6.45) is 2.24. The van der Waals surface area contributed by atoms with Crippen molar-refractivity contribution in [3.05, 3.63) is 0 Å². The smallest absolute Gasteiger partial charge is 0.234 e. The molecule has 8 heteroatoms. The summed E-state index contributed by atoms with van der Waals surface area (Å²) in [7, 11) is 8.82. The van der Waals surface area contributed by atoms with Crippen molar-refractivity contribution in [2.24, 2.45) is 0 Å². The van der Waals surface area contributed by atoms with E-state index in [0.717, 1.165) is 19.6 Å². The van der Waals surface area contributed by atoms with Crippen molar-refractivity contribution >= 4 is 49.6 Å². The Bertz CT molecular complexity index is 131. The minimum atomic E-state index is -0.402. The van der Waals surface area contributed by atoms with Crippen LogP contribution in [0.2, 0.25) is 0 Å². The third-order valence-corrected chi connectivity index (χ3v) is 12.2. The van der Waals surface area contributed by atoms with Crippen LogP contribution in [0.25, 0.3) is 0 Å². The van der Waals surface area contributed by atoms with Crippen LogP contribution in [0.3, 0.4) is 0 Å². The van der Waals surface area contributed by atoms with Gasteiger partial charge in [0.25, 0.3) is 0 Å². The molecule has 0 unspecified atom stereocenters. The predicted molar refractivity (Wildman–Crippen MR) is 87.3 cm³/mol. The average molecular weight is 335 g/mol. The highest BCUT2D eigenvalue weighted by atomic mass is 33.7. The van der Waals surface area contributed by atoms with Crippen molar-refractivity contribution in [2.45, 2.75) is 19.8 Å². The van der Waals surface area contributed by atoms with Gasteiger partial charge in [0, 0.05) is 26.1 Å².